The molecule has 7 nitrogen and oxygen atoms in total. The van der Waals surface area contributed by atoms with Gasteiger partial charge in [0.05, 0.1) is 29.4 Å². The monoisotopic (exact) mass is 446 g/mol. The molecule has 1 aliphatic rings. The molecule has 0 bridgehead atoms. The summed E-state index contributed by atoms with van der Waals surface area (Å²) in [7, 11) is 0. The van der Waals surface area contributed by atoms with Crippen LogP contribution in [0.1, 0.15) is 48.2 Å². The van der Waals surface area contributed by atoms with Gasteiger partial charge in [0.2, 0.25) is 5.91 Å². The number of nitrogens with one attached hydrogen (secondary N) is 1. The Balaban J connectivity index is 1.54. The van der Waals surface area contributed by atoms with E-state index in [0.717, 1.165) is 31.2 Å². The van der Waals surface area contributed by atoms with Crippen LogP contribution < -0.4 is 11.1 Å². The van der Waals surface area contributed by atoms with Crippen LogP contribution in [0.25, 0.3) is 11.0 Å². The summed E-state index contributed by atoms with van der Waals surface area (Å²) in [6.07, 6.45) is 5.21. The maximum Gasteiger partial charge on any atom is 0.271 e. The number of nitrogens with two attached hydrogens (primary N) is 1. The molecule has 0 spiro atoms. The van der Waals surface area contributed by atoms with Gasteiger partial charge in [-0.25, -0.2) is 4.98 Å². The number of amides is 2. The number of aliphatic hydroxyl groups excluding tert-OH is 1. The highest BCUT2D eigenvalue weighted by Gasteiger charge is 2.34. The number of primary amides is 1. The van der Waals surface area contributed by atoms with Crippen molar-refractivity contribution in [2.24, 2.45) is 17.6 Å². The van der Waals surface area contributed by atoms with Crippen molar-refractivity contribution in [3.8, 4) is 0 Å². The standard InChI is InChI=1S/C26H30N4O3/c27-25(32)19(18-10-4-5-11-18)15-24(31)22(14-17-8-2-1-3-9-17)30-26(33)23-16-28-20-12-6-7-13-21(20)29-23/h1-3,6-9,12-13,16,18-19,22,24,31H,4-5,10-11,14-15H2,(H2,27,32)(H,30,33)/t19-,22-,24-/m0/s1. The summed E-state index contributed by atoms with van der Waals surface area (Å²) in [5.41, 5.74) is 8.19. The highest BCUT2D eigenvalue weighted by atomic mass is 16.3. The average Bonchev–Trinajstić information content (AvgIpc) is 3.36. The first-order valence-corrected chi connectivity index (χ1v) is 11.5. The zero-order chi connectivity index (χ0) is 23.2. The first-order chi connectivity index (χ1) is 16.0. The van der Waals surface area contributed by atoms with Gasteiger partial charge in [-0.15, -0.1) is 0 Å². The SMILES string of the molecule is NC(=O)[C@@H](C[C@H](O)[C@H](Cc1ccccc1)NC(=O)c1cnc2ccccc2n1)C1CCCC1. The summed E-state index contributed by atoms with van der Waals surface area (Å²) in [5, 5.41) is 14.1. The molecule has 1 saturated carbocycles. The number of aliphatic hydroxyl groups is 1. The fourth-order valence-corrected chi connectivity index (χ4v) is 4.79. The number of hydrogen-bond acceptors (Lipinski definition) is 5. The van der Waals surface area contributed by atoms with Crippen molar-refractivity contribution in [1.29, 1.82) is 0 Å². The molecule has 172 valence electrons. The summed E-state index contributed by atoms with van der Waals surface area (Å²) >= 11 is 0. The number of carbonyl (C=O) groups is 2. The fourth-order valence-electron chi connectivity index (χ4n) is 4.79. The second-order valence-electron chi connectivity index (χ2n) is 8.87. The summed E-state index contributed by atoms with van der Waals surface area (Å²) < 4.78 is 0. The Morgan fingerprint density at radius 1 is 1.03 bits per heavy atom. The van der Waals surface area contributed by atoms with E-state index in [4.69, 9.17) is 5.73 Å². The van der Waals surface area contributed by atoms with E-state index in [1.54, 1.807) is 6.07 Å². The van der Waals surface area contributed by atoms with E-state index >= 15 is 0 Å². The average molecular weight is 447 g/mol. The van der Waals surface area contributed by atoms with Crippen molar-refractivity contribution in [3.05, 3.63) is 72.1 Å². The predicted octanol–water partition coefficient (Wildman–Crippen LogP) is 3.01. The number of aromatic nitrogens is 2. The summed E-state index contributed by atoms with van der Waals surface area (Å²) in [5.74, 6) is -1.01. The van der Waals surface area contributed by atoms with Gasteiger partial charge in [-0.1, -0.05) is 55.3 Å². The van der Waals surface area contributed by atoms with Crippen molar-refractivity contribution >= 4 is 22.8 Å². The molecule has 33 heavy (non-hydrogen) atoms. The van der Waals surface area contributed by atoms with Crippen molar-refractivity contribution in [2.45, 2.75) is 50.7 Å². The second-order valence-corrected chi connectivity index (χ2v) is 8.87. The molecule has 0 unspecified atom stereocenters. The van der Waals surface area contributed by atoms with Gasteiger partial charge < -0.3 is 16.2 Å². The van der Waals surface area contributed by atoms with Gasteiger partial charge in [-0.2, -0.15) is 0 Å². The molecule has 1 fully saturated rings. The molecule has 0 saturated heterocycles. The van der Waals surface area contributed by atoms with E-state index < -0.39 is 24.0 Å². The van der Waals surface area contributed by atoms with Crippen LogP contribution in [0.4, 0.5) is 0 Å². The smallest absolute Gasteiger partial charge is 0.271 e. The number of carbonyl (C=O) groups excluding carboxylic acids is 2. The second kappa shape index (κ2) is 10.5. The molecule has 1 heterocycles. The number of benzene rings is 2. The molecule has 4 N–H and O–H groups in total. The maximum atomic E-state index is 13.1. The largest absolute Gasteiger partial charge is 0.391 e. The highest BCUT2D eigenvalue weighted by molar-refractivity contribution is 5.94. The molecule has 3 atom stereocenters. The summed E-state index contributed by atoms with van der Waals surface area (Å²) in [4.78, 5) is 34.0. The van der Waals surface area contributed by atoms with Crippen LogP contribution in [0.2, 0.25) is 0 Å². The third-order valence-corrected chi connectivity index (χ3v) is 6.59. The molecule has 3 aromatic rings. The van der Waals surface area contributed by atoms with Gasteiger partial charge in [-0.05, 0) is 49.3 Å². The maximum absolute atomic E-state index is 13.1. The van der Waals surface area contributed by atoms with Gasteiger partial charge in [0, 0.05) is 5.92 Å². The Labute approximate surface area is 193 Å². The number of para-hydroxylation sites is 2. The molecule has 2 aromatic carbocycles. The topological polar surface area (TPSA) is 118 Å². The van der Waals surface area contributed by atoms with E-state index in [1.165, 1.54) is 6.20 Å². The first-order valence-electron chi connectivity index (χ1n) is 11.5. The van der Waals surface area contributed by atoms with E-state index in [1.807, 2.05) is 48.5 Å². The van der Waals surface area contributed by atoms with Gasteiger partial charge in [0.15, 0.2) is 0 Å². The van der Waals surface area contributed by atoms with Gasteiger partial charge in [-0.3, -0.25) is 14.6 Å². The Morgan fingerprint density at radius 2 is 1.70 bits per heavy atom. The lowest BCUT2D eigenvalue weighted by molar-refractivity contribution is -0.124. The Morgan fingerprint density at radius 3 is 2.39 bits per heavy atom. The molecule has 0 aliphatic heterocycles. The lowest BCUT2D eigenvalue weighted by Gasteiger charge is -2.29. The third kappa shape index (κ3) is 5.73. The third-order valence-electron chi connectivity index (χ3n) is 6.59. The number of rotatable bonds is 9. The molecule has 1 aromatic heterocycles. The molecule has 4 rings (SSSR count). The Bertz CT molecular complexity index is 1100. The number of nitrogens with zero attached hydrogens (tertiary/aromatic N) is 2. The minimum atomic E-state index is -0.930. The highest BCUT2D eigenvalue weighted by Crippen LogP contribution is 2.34. The van der Waals surface area contributed by atoms with Gasteiger partial charge in [0.1, 0.15) is 5.69 Å². The zero-order valence-electron chi connectivity index (χ0n) is 18.6. The van der Waals surface area contributed by atoms with Crippen molar-refractivity contribution in [1.82, 2.24) is 15.3 Å². The molecular formula is C26H30N4O3. The van der Waals surface area contributed by atoms with Crippen LogP contribution in [-0.4, -0.2) is 39.0 Å². The lowest BCUT2D eigenvalue weighted by atomic mass is 9.83. The molecule has 2 amide bonds. The van der Waals surface area contributed by atoms with Crippen LogP contribution in [0.15, 0.2) is 60.8 Å². The molecular weight excluding hydrogens is 416 g/mol. The van der Waals surface area contributed by atoms with Crippen LogP contribution in [-0.2, 0) is 11.2 Å². The lowest BCUT2D eigenvalue weighted by Crippen LogP contribution is -2.47. The Kier molecular flexibility index (Phi) is 7.29. The van der Waals surface area contributed by atoms with Crippen LogP contribution in [0, 0.1) is 11.8 Å². The van der Waals surface area contributed by atoms with Crippen molar-refractivity contribution in [2.75, 3.05) is 0 Å². The van der Waals surface area contributed by atoms with Gasteiger partial charge >= 0.3 is 0 Å². The fraction of sp³-hybridized carbons (Fsp3) is 0.385. The minimum Gasteiger partial charge on any atom is -0.391 e. The van der Waals surface area contributed by atoms with Gasteiger partial charge in [0.25, 0.3) is 5.91 Å². The van der Waals surface area contributed by atoms with Crippen LogP contribution in [0.3, 0.4) is 0 Å². The predicted molar refractivity (Wildman–Crippen MR) is 126 cm³/mol. The van der Waals surface area contributed by atoms with Crippen molar-refractivity contribution < 1.29 is 14.7 Å². The minimum absolute atomic E-state index is 0.182. The van der Waals surface area contributed by atoms with Crippen LogP contribution >= 0.6 is 0 Å². The molecule has 0 radical (unpaired) electrons. The number of hydrogen-bond donors (Lipinski definition) is 3. The van der Waals surface area contributed by atoms with E-state index in [9.17, 15) is 14.7 Å². The van der Waals surface area contributed by atoms with E-state index in [-0.39, 0.29) is 23.9 Å². The molecule has 1 aliphatic carbocycles. The van der Waals surface area contributed by atoms with E-state index in [2.05, 4.69) is 15.3 Å². The Hall–Kier alpha value is -3.32. The van der Waals surface area contributed by atoms with E-state index in [0.29, 0.717) is 17.5 Å². The zero-order valence-corrected chi connectivity index (χ0v) is 18.6. The van der Waals surface area contributed by atoms with Crippen LogP contribution in [0.5, 0.6) is 0 Å². The summed E-state index contributed by atoms with van der Waals surface area (Å²) in [6, 6.07) is 16.4. The number of fused-ring (bicyclic) bond motifs is 1. The quantitative estimate of drug-likeness (QED) is 0.467. The summed E-state index contributed by atoms with van der Waals surface area (Å²) in [6.45, 7) is 0. The first kappa shape index (κ1) is 22.9. The van der Waals surface area contributed by atoms with Crippen molar-refractivity contribution in [3.63, 3.8) is 0 Å². The normalized spacial score (nSPS) is 16.9. The molecule has 7 heteroatoms.